The second-order valence-electron chi connectivity index (χ2n) is 15.8. The monoisotopic (exact) mass is 918 g/mol. The summed E-state index contributed by atoms with van der Waals surface area (Å²) < 4.78 is 32.2. The van der Waals surface area contributed by atoms with Crippen LogP contribution in [0.15, 0.2) is 94.2 Å². The van der Waals surface area contributed by atoms with Gasteiger partial charge in [0.25, 0.3) is 5.91 Å². The van der Waals surface area contributed by atoms with Gasteiger partial charge in [0.15, 0.2) is 11.6 Å². The first-order valence-corrected chi connectivity index (χ1v) is 21.3. The highest BCUT2D eigenvalue weighted by Crippen LogP contribution is 2.37. The number of nitrogens with zero attached hydrogens (tertiary/aromatic N) is 1. The van der Waals surface area contributed by atoms with Gasteiger partial charge in [-0.15, -0.1) is 0 Å². The van der Waals surface area contributed by atoms with E-state index in [0.717, 1.165) is 0 Å². The zero-order valence-electron chi connectivity index (χ0n) is 37.2. The highest BCUT2D eigenvalue weighted by Gasteiger charge is 2.58. The Labute approximate surface area is 381 Å². The van der Waals surface area contributed by atoms with Gasteiger partial charge in [-0.3, -0.25) is 33.5 Å². The zero-order valence-corrected chi connectivity index (χ0v) is 37.2. The van der Waals surface area contributed by atoms with Gasteiger partial charge in [-0.1, -0.05) is 98.7 Å². The lowest BCUT2D eigenvalue weighted by atomic mass is 9.71. The first-order chi connectivity index (χ1) is 31.6. The van der Waals surface area contributed by atoms with Gasteiger partial charge in [-0.25, -0.2) is 9.59 Å². The van der Waals surface area contributed by atoms with Crippen LogP contribution < -0.4 is 27.4 Å². The number of aliphatic carboxylic acids is 1. The van der Waals surface area contributed by atoms with Crippen molar-refractivity contribution in [2.24, 2.45) is 11.1 Å². The van der Waals surface area contributed by atoms with E-state index in [0.29, 0.717) is 43.1 Å². The molecular weight excluding hydrogens is 861 g/mol. The number of esters is 1. The van der Waals surface area contributed by atoms with Crippen LogP contribution >= 0.6 is 0 Å². The lowest BCUT2D eigenvalue weighted by Gasteiger charge is -2.41. The summed E-state index contributed by atoms with van der Waals surface area (Å²) in [4.78, 5) is 95.6. The molecule has 20 nitrogen and oxygen atoms in total. The van der Waals surface area contributed by atoms with Crippen molar-refractivity contribution < 1.29 is 62.1 Å². The smallest absolute Gasteiger partial charge is 0.439 e. The Morgan fingerprint density at radius 1 is 0.773 bits per heavy atom. The van der Waals surface area contributed by atoms with Crippen molar-refractivity contribution in [2.75, 3.05) is 59.3 Å². The summed E-state index contributed by atoms with van der Waals surface area (Å²) in [5.41, 5.74) is 3.42. The fourth-order valence-electron chi connectivity index (χ4n) is 6.57. The first-order valence-electron chi connectivity index (χ1n) is 21.3. The molecule has 0 aliphatic heterocycles. The molecule has 1 heterocycles. The average Bonchev–Trinajstić information content (AvgIpc) is 3.74. The Bertz CT molecular complexity index is 2230. The van der Waals surface area contributed by atoms with E-state index < -0.39 is 70.7 Å². The maximum atomic E-state index is 14.8. The maximum absolute atomic E-state index is 14.8. The maximum Gasteiger partial charge on any atom is 0.439 e. The molecule has 20 heteroatoms. The van der Waals surface area contributed by atoms with Crippen molar-refractivity contribution in [1.29, 1.82) is 0 Å². The highest BCUT2D eigenvalue weighted by atomic mass is 16.6. The number of nitrogens with one attached hydrogen (secondary N) is 4. The lowest BCUT2D eigenvalue weighted by molar-refractivity contribution is -0.191. The van der Waals surface area contributed by atoms with Crippen LogP contribution in [0, 0.1) is 5.41 Å². The predicted octanol–water partition coefficient (Wildman–Crippen LogP) is 1.96. The van der Waals surface area contributed by atoms with Crippen LogP contribution in [0.25, 0.3) is 11.4 Å². The topological polar surface area (TPSA) is 290 Å². The number of rotatable bonds is 29. The van der Waals surface area contributed by atoms with Gasteiger partial charge in [0.2, 0.25) is 17.4 Å². The molecule has 66 heavy (non-hydrogen) atoms. The Morgan fingerprint density at radius 2 is 1.36 bits per heavy atom. The SMILES string of the molecule is CC(C)(C)C(OCCOCCOCCOCCN)(C(=O)O)C(=O)[C@H](Cc1ccccc1)NC(=O)[C@H](CC(=O)OCc1ccccc1)NC(=O)CCNC(=O)c1ccc(-c2noc(=O)[nH]2)cc1. The van der Waals surface area contributed by atoms with E-state index in [1.165, 1.54) is 45.0 Å². The Kier molecular flexibility index (Phi) is 20.8. The van der Waals surface area contributed by atoms with Crippen LogP contribution in [0.5, 0.6) is 0 Å². The highest BCUT2D eigenvalue weighted by molar-refractivity contribution is 6.11. The third-order valence-corrected chi connectivity index (χ3v) is 9.94. The number of amides is 3. The summed E-state index contributed by atoms with van der Waals surface area (Å²) in [6.45, 7) is 5.67. The molecule has 0 saturated carbocycles. The number of hydrogen-bond acceptors (Lipinski definition) is 15. The molecule has 0 bridgehead atoms. The molecule has 0 aliphatic rings. The van der Waals surface area contributed by atoms with Crippen molar-refractivity contribution in [3.8, 4) is 11.4 Å². The number of benzene rings is 3. The molecule has 1 unspecified atom stereocenters. The molecule has 3 atom stereocenters. The Hall–Kier alpha value is -6.58. The number of H-pyrrole nitrogens is 1. The molecule has 0 aliphatic carbocycles. The molecular formula is C46H58N6O14. The number of hydrogen-bond donors (Lipinski definition) is 6. The molecule has 3 aromatic carbocycles. The molecule has 0 radical (unpaired) electrons. The number of carbonyl (C=O) groups is 6. The Morgan fingerprint density at radius 3 is 1.92 bits per heavy atom. The van der Waals surface area contributed by atoms with E-state index in [4.69, 9.17) is 29.4 Å². The van der Waals surface area contributed by atoms with Crippen LogP contribution in [-0.4, -0.2) is 128 Å². The van der Waals surface area contributed by atoms with E-state index in [-0.39, 0.29) is 63.8 Å². The predicted molar refractivity (Wildman–Crippen MR) is 237 cm³/mol. The number of ether oxygens (including phenoxy) is 5. The number of carbonyl (C=O) groups excluding carboxylic acids is 5. The number of aromatic amines is 1. The number of ketones is 1. The second-order valence-corrected chi connectivity index (χ2v) is 15.8. The number of carboxylic acids is 1. The summed E-state index contributed by atoms with van der Waals surface area (Å²) in [6, 6.07) is 20.2. The number of carboxylic acid groups (broad SMARTS) is 1. The third kappa shape index (κ3) is 16.1. The minimum atomic E-state index is -2.53. The van der Waals surface area contributed by atoms with Crippen LogP contribution in [0.3, 0.4) is 0 Å². The van der Waals surface area contributed by atoms with E-state index in [9.17, 15) is 38.7 Å². The van der Waals surface area contributed by atoms with E-state index in [2.05, 4.69) is 30.6 Å². The molecule has 0 saturated heterocycles. The van der Waals surface area contributed by atoms with Gasteiger partial charge in [0.1, 0.15) is 12.6 Å². The van der Waals surface area contributed by atoms with Crippen LogP contribution in [0.4, 0.5) is 0 Å². The van der Waals surface area contributed by atoms with Crippen LogP contribution in [0.1, 0.15) is 55.1 Å². The van der Waals surface area contributed by atoms with Gasteiger partial charge in [-0.2, -0.15) is 0 Å². The average molecular weight is 919 g/mol. The number of nitrogens with two attached hydrogens (primary N) is 1. The van der Waals surface area contributed by atoms with E-state index in [1.54, 1.807) is 60.7 Å². The minimum Gasteiger partial charge on any atom is -0.479 e. The third-order valence-electron chi connectivity index (χ3n) is 9.94. The number of Topliss-reactive ketones (excluding diaryl/α,β-unsaturated/α-hetero) is 1. The van der Waals surface area contributed by atoms with Crippen molar-refractivity contribution >= 4 is 35.4 Å². The summed E-state index contributed by atoms with van der Waals surface area (Å²) in [7, 11) is 0. The van der Waals surface area contributed by atoms with Crippen molar-refractivity contribution in [2.45, 2.75) is 64.3 Å². The first kappa shape index (κ1) is 52.0. The quantitative estimate of drug-likeness (QED) is 0.0258. The fraction of sp³-hybridized carbons (Fsp3) is 0.435. The number of aromatic nitrogens is 2. The molecule has 0 spiro atoms. The summed E-state index contributed by atoms with van der Waals surface area (Å²) >= 11 is 0. The summed E-state index contributed by atoms with van der Waals surface area (Å²) in [5, 5.41) is 22.1. The molecule has 356 valence electrons. The molecule has 7 N–H and O–H groups in total. The molecule has 1 aromatic heterocycles. The van der Waals surface area contributed by atoms with E-state index >= 15 is 0 Å². The van der Waals surface area contributed by atoms with Gasteiger partial charge >= 0.3 is 17.7 Å². The molecule has 4 rings (SSSR count). The normalized spacial score (nSPS) is 13.2. The van der Waals surface area contributed by atoms with E-state index in [1.807, 2.05) is 0 Å². The van der Waals surface area contributed by atoms with Crippen molar-refractivity contribution in [3.63, 3.8) is 0 Å². The van der Waals surface area contributed by atoms with Gasteiger partial charge in [-0.05, 0) is 29.7 Å². The lowest BCUT2D eigenvalue weighted by Crippen LogP contribution is -2.65. The summed E-state index contributed by atoms with van der Waals surface area (Å²) in [5.74, 6) is -6.30. The standard InChI is InChI=1S/C46H58N6O14/c1-45(2,3)46(43(58)59,65-27-26-63-25-24-62-23-22-61-21-19-47)39(55)35(28-31-10-6-4-7-11-31)50-42(57)36(29-38(54)64-30-32-12-8-5-9-13-32)49-37(53)18-20-48-41(56)34-16-14-33(15-17-34)40-51-44(60)66-52-40/h4-17,35-36H,18-30,47H2,1-3H3,(H,48,56)(H,49,53)(H,50,57)(H,58,59)(H,51,52,60)/t35-,36-,46?/m0/s1. The van der Waals surface area contributed by atoms with Crippen molar-refractivity contribution in [3.05, 3.63) is 112 Å². The summed E-state index contributed by atoms with van der Waals surface area (Å²) in [6.07, 6.45) is -1.20. The van der Waals surface area contributed by atoms with Gasteiger partial charge < -0.3 is 50.5 Å². The Balaban J connectivity index is 1.49. The second kappa shape index (κ2) is 26.4. The van der Waals surface area contributed by atoms with Gasteiger partial charge in [0, 0.05) is 36.1 Å². The molecule has 0 fully saturated rings. The van der Waals surface area contributed by atoms with Crippen LogP contribution in [0.2, 0.25) is 0 Å². The molecule has 3 amide bonds. The fourth-order valence-corrected chi connectivity index (χ4v) is 6.57. The largest absolute Gasteiger partial charge is 0.479 e. The van der Waals surface area contributed by atoms with Crippen molar-refractivity contribution in [1.82, 2.24) is 26.1 Å². The minimum absolute atomic E-state index is 0.0973. The van der Waals surface area contributed by atoms with Crippen LogP contribution in [-0.2, 0) is 60.7 Å². The van der Waals surface area contributed by atoms with Gasteiger partial charge in [0.05, 0.1) is 58.7 Å². The zero-order chi connectivity index (χ0) is 48.0. The molecule has 4 aromatic rings.